The molecule has 0 saturated heterocycles. The predicted molar refractivity (Wildman–Crippen MR) is 59.5 cm³/mol. The van der Waals surface area contributed by atoms with E-state index >= 15 is 0 Å². The standard InChI is InChI=1S/C13H18/c1-11(2)9-10-12(3)13-7-5-4-6-8-13/h4-8,10-11H,9H2,1-3H3/b12-10+. The summed E-state index contributed by atoms with van der Waals surface area (Å²) in [7, 11) is 0. The van der Waals surface area contributed by atoms with Gasteiger partial charge in [0.15, 0.2) is 0 Å². The van der Waals surface area contributed by atoms with Crippen molar-refractivity contribution < 1.29 is 0 Å². The van der Waals surface area contributed by atoms with E-state index in [1.165, 1.54) is 17.6 Å². The van der Waals surface area contributed by atoms with Gasteiger partial charge in [0.25, 0.3) is 0 Å². The van der Waals surface area contributed by atoms with Crippen molar-refractivity contribution in [3.8, 4) is 0 Å². The fourth-order valence-electron chi connectivity index (χ4n) is 1.23. The summed E-state index contributed by atoms with van der Waals surface area (Å²) >= 11 is 0. The maximum absolute atomic E-state index is 2.32. The number of hydrogen-bond acceptors (Lipinski definition) is 0. The van der Waals surface area contributed by atoms with Crippen molar-refractivity contribution in [3.63, 3.8) is 0 Å². The summed E-state index contributed by atoms with van der Waals surface area (Å²) in [6.07, 6.45) is 3.49. The van der Waals surface area contributed by atoms with E-state index in [1.54, 1.807) is 0 Å². The topological polar surface area (TPSA) is 0 Å². The average molecular weight is 174 g/mol. The lowest BCUT2D eigenvalue weighted by Gasteiger charge is -2.03. The summed E-state index contributed by atoms with van der Waals surface area (Å²) in [5.41, 5.74) is 2.72. The Morgan fingerprint density at radius 3 is 2.38 bits per heavy atom. The molecule has 0 N–H and O–H groups in total. The highest BCUT2D eigenvalue weighted by Crippen LogP contribution is 2.15. The lowest BCUT2D eigenvalue weighted by atomic mass is 10.0. The molecule has 0 atom stereocenters. The zero-order chi connectivity index (χ0) is 9.68. The molecule has 1 aromatic rings. The van der Waals surface area contributed by atoms with Gasteiger partial charge in [-0.15, -0.1) is 0 Å². The molecule has 0 heteroatoms. The Hall–Kier alpha value is -1.04. The molecule has 0 aliphatic carbocycles. The van der Waals surface area contributed by atoms with E-state index in [1.807, 2.05) is 0 Å². The molecule has 0 fully saturated rings. The van der Waals surface area contributed by atoms with Gasteiger partial charge in [0.05, 0.1) is 0 Å². The second-order valence-electron chi connectivity index (χ2n) is 3.88. The fraction of sp³-hybridized carbons (Fsp3) is 0.385. The largest absolute Gasteiger partial charge is 0.0807 e. The molecule has 0 radical (unpaired) electrons. The monoisotopic (exact) mass is 174 g/mol. The molecule has 1 aromatic carbocycles. The van der Waals surface area contributed by atoms with E-state index in [0.29, 0.717) is 0 Å². The van der Waals surface area contributed by atoms with E-state index in [2.05, 4.69) is 57.2 Å². The SMILES string of the molecule is C/C(=C\CC(C)C)c1ccccc1. The van der Waals surface area contributed by atoms with Crippen molar-refractivity contribution in [2.24, 2.45) is 5.92 Å². The first-order valence-corrected chi connectivity index (χ1v) is 4.92. The van der Waals surface area contributed by atoms with E-state index in [-0.39, 0.29) is 0 Å². The van der Waals surface area contributed by atoms with E-state index < -0.39 is 0 Å². The van der Waals surface area contributed by atoms with Gasteiger partial charge in [-0.05, 0) is 30.4 Å². The summed E-state index contributed by atoms with van der Waals surface area (Å²) in [4.78, 5) is 0. The Balaban J connectivity index is 2.68. The van der Waals surface area contributed by atoms with E-state index in [4.69, 9.17) is 0 Å². The van der Waals surface area contributed by atoms with Crippen LogP contribution < -0.4 is 0 Å². The van der Waals surface area contributed by atoms with Crippen LogP contribution in [0, 0.1) is 5.92 Å². The van der Waals surface area contributed by atoms with Gasteiger partial charge in [0, 0.05) is 0 Å². The van der Waals surface area contributed by atoms with Crippen LogP contribution in [0.5, 0.6) is 0 Å². The Labute approximate surface area is 81.3 Å². The highest BCUT2D eigenvalue weighted by molar-refractivity contribution is 5.63. The van der Waals surface area contributed by atoms with Gasteiger partial charge in [-0.3, -0.25) is 0 Å². The third kappa shape index (κ3) is 3.45. The number of allylic oxidation sites excluding steroid dienone is 2. The molecule has 0 amide bonds. The normalized spacial score (nSPS) is 12.2. The first kappa shape index (κ1) is 10.0. The molecule has 0 nitrogen and oxygen atoms in total. The van der Waals surface area contributed by atoms with Gasteiger partial charge in [-0.25, -0.2) is 0 Å². The Morgan fingerprint density at radius 1 is 1.23 bits per heavy atom. The molecular formula is C13H18. The number of benzene rings is 1. The highest BCUT2D eigenvalue weighted by Gasteiger charge is 1.94. The first-order valence-electron chi connectivity index (χ1n) is 4.92. The first-order chi connectivity index (χ1) is 6.20. The molecule has 13 heavy (non-hydrogen) atoms. The lowest BCUT2D eigenvalue weighted by molar-refractivity contribution is 0.664. The smallest absolute Gasteiger partial charge is 0.0231 e. The third-order valence-corrected chi connectivity index (χ3v) is 2.12. The van der Waals surface area contributed by atoms with E-state index in [0.717, 1.165) is 5.92 Å². The molecule has 70 valence electrons. The van der Waals surface area contributed by atoms with Crippen LogP contribution in [0.25, 0.3) is 5.57 Å². The molecule has 0 spiro atoms. The molecule has 0 aromatic heterocycles. The Kier molecular flexibility index (Phi) is 3.75. The van der Waals surface area contributed by atoms with Crippen molar-refractivity contribution in [2.75, 3.05) is 0 Å². The molecule has 0 heterocycles. The molecule has 0 saturated carbocycles. The van der Waals surface area contributed by atoms with Crippen LogP contribution in [0.2, 0.25) is 0 Å². The zero-order valence-corrected chi connectivity index (χ0v) is 8.75. The molecule has 1 rings (SSSR count). The summed E-state index contributed by atoms with van der Waals surface area (Å²) < 4.78 is 0. The summed E-state index contributed by atoms with van der Waals surface area (Å²) in [6, 6.07) is 10.5. The van der Waals surface area contributed by atoms with Crippen molar-refractivity contribution in [3.05, 3.63) is 42.0 Å². The van der Waals surface area contributed by atoms with Gasteiger partial charge in [-0.2, -0.15) is 0 Å². The minimum absolute atomic E-state index is 0.749. The van der Waals surface area contributed by atoms with Gasteiger partial charge in [0.1, 0.15) is 0 Å². The van der Waals surface area contributed by atoms with Crippen LogP contribution in [0.1, 0.15) is 32.8 Å². The Bertz CT molecular complexity index is 267. The van der Waals surface area contributed by atoms with Crippen LogP contribution in [-0.4, -0.2) is 0 Å². The fourth-order valence-corrected chi connectivity index (χ4v) is 1.23. The maximum atomic E-state index is 2.32. The maximum Gasteiger partial charge on any atom is -0.0231 e. The van der Waals surface area contributed by atoms with Gasteiger partial charge in [0.2, 0.25) is 0 Å². The van der Waals surface area contributed by atoms with Crippen LogP contribution in [0.15, 0.2) is 36.4 Å². The van der Waals surface area contributed by atoms with Crippen molar-refractivity contribution >= 4 is 5.57 Å². The van der Waals surface area contributed by atoms with Crippen LogP contribution in [0.3, 0.4) is 0 Å². The second kappa shape index (κ2) is 4.86. The van der Waals surface area contributed by atoms with Gasteiger partial charge in [-0.1, -0.05) is 50.3 Å². The molecule has 0 aliphatic heterocycles. The summed E-state index contributed by atoms with van der Waals surface area (Å²) in [5, 5.41) is 0. The highest BCUT2D eigenvalue weighted by atomic mass is 14.0. The zero-order valence-electron chi connectivity index (χ0n) is 8.75. The van der Waals surface area contributed by atoms with Gasteiger partial charge >= 0.3 is 0 Å². The number of hydrogen-bond donors (Lipinski definition) is 0. The Morgan fingerprint density at radius 2 is 1.85 bits per heavy atom. The molecule has 0 aliphatic rings. The van der Waals surface area contributed by atoms with Crippen molar-refractivity contribution in [2.45, 2.75) is 27.2 Å². The van der Waals surface area contributed by atoms with Crippen LogP contribution in [0.4, 0.5) is 0 Å². The summed E-state index contributed by atoms with van der Waals surface area (Å²) in [5.74, 6) is 0.749. The summed E-state index contributed by atoms with van der Waals surface area (Å²) in [6.45, 7) is 6.67. The van der Waals surface area contributed by atoms with Crippen LogP contribution >= 0.6 is 0 Å². The van der Waals surface area contributed by atoms with E-state index in [9.17, 15) is 0 Å². The molecular weight excluding hydrogens is 156 g/mol. The molecule has 0 bridgehead atoms. The van der Waals surface area contributed by atoms with Crippen LogP contribution in [-0.2, 0) is 0 Å². The minimum atomic E-state index is 0.749. The van der Waals surface area contributed by atoms with Crippen molar-refractivity contribution in [1.82, 2.24) is 0 Å². The third-order valence-electron chi connectivity index (χ3n) is 2.12. The average Bonchev–Trinajstić information content (AvgIpc) is 2.15. The minimum Gasteiger partial charge on any atom is -0.0807 e. The second-order valence-corrected chi connectivity index (χ2v) is 3.88. The van der Waals surface area contributed by atoms with Gasteiger partial charge < -0.3 is 0 Å². The predicted octanol–water partition coefficient (Wildman–Crippen LogP) is 4.14. The van der Waals surface area contributed by atoms with Crippen molar-refractivity contribution in [1.29, 1.82) is 0 Å². The quantitative estimate of drug-likeness (QED) is 0.646. The molecule has 0 unspecified atom stereocenters. The lowest BCUT2D eigenvalue weighted by Crippen LogP contribution is -1.84. The number of rotatable bonds is 3.